The molecule has 7 heteroatoms. The number of hydrogen-bond acceptors (Lipinski definition) is 3. The van der Waals surface area contributed by atoms with E-state index in [4.69, 9.17) is 4.74 Å². The maximum absolute atomic E-state index is 13.2. The number of halogens is 2. The number of guanidine groups is 1. The molecule has 0 aliphatic heterocycles. The van der Waals surface area contributed by atoms with Crippen molar-refractivity contribution in [3.63, 3.8) is 0 Å². The first-order valence-electron chi connectivity index (χ1n) is 8.48. The molecule has 0 aliphatic carbocycles. The number of rotatable bonds is 8. The van der Waals surface area contributed by atoms with Crippen LogP contribution in [-0.4, -0.2) is 37.2 Å². The van der Waals surface area contributed by atoms with E-state index in [1.807, 2.05) is 25.1 Å². The van der Waals surface area contributed by atoms with Crippen LogP contribution in [0, 0.1) is 5.82 Å². The molecule has 0 saturated carbocycles. The van der Waals surface area contributed by atoms with Crippen molar-refractivity contribution < 1.29 is 9.13 Å². The summed E-state index contributed by atoms with van der Waals surface area (Å²) in [7, 11) is 1.73. The lowest BCUT2D eigenvalue weighted by Gasteiger charge is -2.20. The molecule has 0 saturated heterocycles. The van der Waals surface area contributed by atoms with E-state index in [1.54, 1.807) is 25.4 Å². The van der Waals surface area contributed by atoms with Gasteiger partial charge in [-0.2, -0.15) is 0 Å². The van der Waals surface area contributed by atoms with Crippen molar-refractivity contribution in [3.05, 3.63) is 60.2 Å². The molecule has 1 aromatic carbocycles. The zero-order valence-corrected chi connectivity index (χ0v) is 17.4. The van der Waals surface area contributed by atoms with Gasteiger partial charge in [0.1, 0.15) is 17.7 Å². The molecule has 5 nitrogen and oxygen atoms in total. The molecule has 0 bridgehead atoms. The lowest BCUT2D eigenvalue weighted by Crippen LogP contribution is -2.43. The molecule has 1 aromatic heterocycles. The molecule has 1 atom stereocenters. The monoisotopic (exact) mass is 472 g/mol. The van der Waals surface area contributed by atoms with Gasteiger partial charge < -0.3 is 15.4 Å². The van der Waals surface area contributed by atoms with Crippen LogP contribution in [0.4, 0.5) is 4.39 Å². The van der Waals surface area contributed by atoms with Gasteiger partial charge in [-0.3, -0.25) is 9.98 Å². The molecule has 0 aliphatic rings. The van der Waals surface area contributed by atoms with Crippen molar-refractivity contribution in [3.8, 4) is 5.75 Å². The van der Waals surface area contributed by atoms with Gasteiger partial charge in [0, 0.05) is 38.0 Å². The molecule has 1 unspecified atom stereocenters. The van der Waals surface area contributed by atoms with E-state index < -0.39 is 0 Å². The van der Waals surface area contributed by atoms with Gasteiger partial charge in [-0.15, -0.1) is 24.0 Å². The Morgan fingerprint density at radius 2 is 2.08 bits per heavy atom. The highest BCUT2D eigenvalue weighted by molar-refractivity contribution is 14.0. The highest BCUT2D eigenvalue weighted by Gasteiger charge is 2.10. The summed E-state index contributed by atoms with van der Waals surface area (Å²) in [5.41, 5.74) is 1.03. The number of benzene rings is 1. The Morgan fingerprint density at radius 1 is 1.23 bits per heavy atom. The normalized spacial score (nSPS) is 12.0. The predicted octanol–water partition coefficient (Wildman–Crippen LogP) is 3.40. The Labute approximate surface area is 171 Å². The van der Waals surface area contributed by atoms with Crippen LogP contribution in [0.25, 0.3) is 0 Å². The molecule has 2 aromatic rings. The van der Waals surface area contributed by atoms with Gasteiger partial charge in [0.25, 0.3) is 0 Å². The van der Waals surface area contributed by atoms with Gasteiger partial charge in [-0.1, -0.05) is 19.1 Å². The van der Waals surface area contributed by atoms with Crippen LogP contribution in [0.15, 0.2) is 53.7 Å². The molecular weight excluding hydrogens is 446 g/mol. The van der Waals surface area contributed by atoms with Crippen LogP contribution in [-0.2, 0) is 6.42 Å². The zero-order chi connectivity index (χ0) is 17.9. The van der Waals surface area contributed by atoms with Crippen LogP contribution in [0.1, 0.15) is 19.0 Å². The van der Waals surface area contributed by atoms with Gasteiger partial charge in [0.05, 0.1) is 6.54 Å². The molecular formula is C19H26FIN4O. The van der Waals surface area contributed by atoms with Crippen molar-refractivity contribution in [2.75, 3.05) is 20.1 Å². The summed E-state index contributed by atoms with van der Waals surface area (Å²) in [6.07, 6.45) is 3.33. The molecule has 2 rings (SSSR count). The second-order valence-corrected chi connectivity index (χ2v) is 5.56. The third-order valence-electron chi connectivity index (χ3n) is 3.67. The minimum absolute atomic E-state index is 0. The predicted molar refractivity (Wildman–Crippen MR) is 114 cm³/mol. The summed E-state index contributed by atoms with van der Waals surface area (Å²) in [4.78, 5) is 8.50. The summed E-state index contributed by atoms with van der Waals surface area (Å²) in [5.74, 6) is 0.941. The lowest BCUT2D eigenvalue weighted by molar-refractivity contribution is 0.199. The maximum Gasteiger partial charge on any atom is 0.191 e. The summed E-state index contributed by atoms with van der Waals surface area (Å²) in [6.45, 7) is 3.34. The van der Waals surface area contributed by atoms with Crippen LogP contribution >= 0.6 is 24.0 Å². The first kappa shape index (κ1) is 22.1. The lowest BCUT2D eigenvalue weighted by atomic mass is 10.2. The Morgan fingerprint density at radius 3 is 2.73 bits per heavy atom. The van der Waals surface area contributed by atoms with E-state index in [9.17, 15) is 4.39 Å². The van der Waals surface area contributed by atoms with Crippen LogP contribution in [0.5, 0.6) is 5.75 Å². The second kappa shape index (κ2) is 12.5. The number of nitrogens with one attached hydrogen (secondary N) is 2. The Balaban J connectivity index is 0.00000338. The van der Waals surface area contributed by atoms with Crippen LogP contribution in [0.2, 0.25) is 0 Å². The molecule has 0 amide bonds. The zero-order valence-electron chi connectivity index (χ0n) is 15.1. The number of ether oxygens (including phenoxy) is 1. The second-order valence-electron chi connectivity index (χ2n) is 5.56. The molecule has 0 radical (unpaired) electrons. The van der Waals surface area contributed by atoms with Crippen molar-refractivity contribution in [2.24, 2.45) is 4.99 Å². The van der Waals surface area contributed by atoms with E-state index in [1.165, 1.54) is 12.1 Å². The van der Waals surface area contributed by atoms with E-state index in [2.05, 4.69) is 20.6 Å². The summed E-state index contributed by atoms with van der Waals surface area (Å²) < 4.78 is 19.1. The fourth-order valence-electron chi connectivity index (χ4n) is 2.29. The number of pyridine rings is 1. The Kier molecular flexibility index (Phi) is 10.6. The van der Waals surface area contributed by atoms with Gasteiger partial charge in [-0.05, 0) is 30.7 Å². The van der Waals surface area contributed by atoms with E-state index in [-0.39, 0.29) is 35.9 Å². The molecule has 0 spiro atoms. The third-order valence-corrected chi connectivity index (χ3v) is 3.67. The Bertz CT molecular complexity index is 670. The highest BCUT2D eigenvalue weighted by atomic mass is 127. The number of nitrogens with zero attached hydrogens (tertiary/aromatic N) is 2. The van der Waals surface area contributed by atoms with E-state index in [0.717, 1.165) is 25.1 Å². The maximum atomic E-state index is 13.2. The summed E-state index contributed by atoms with van der Waals surface area (Å²) >= 11 is 0. The number of aromatic nitrogens is 1. The largest absolute Gasteiger partial charge is 0.489 e. The molecule has 1 heterocycles. The van der Waals surface area contributed by atoms with Crippen molar-refractivity contribution in [1.82, 2.24) is 15.6 Å². The summed E-state index contributed by atoms with van der Waals surface area (Å²) in [6, 6.07) is 12.1. The van der Waals surface area contributed by atoms with Crippen molar-refractivity contribution >= 4 is 29.9 Å². The van der Waals surface area contributed by atoms with Gasteiger partial charge >= 0.3 is 0 Å². The molecule has 0 fully saturated rings. The smallest absolute Gasteiger partial charge is 0.191 e. The van der Waals surface area contributed by atoms with Crippen molar-refractivity contribution in [1.29, 1.82) is 0 Å². The average Bonchev–Trinajstić information content (AvgIpc) is 2.64. The standard InChI is InChI=1S/C19H25FN4O.HI/c1-3-17(25-18-9-6-7-15(20)13-18)14-24-19(21-2)23-12-10-16-8-4-5-11-22-16;/h4-9,11,13,17H,3,10,12,14H2,1-2H3,(H2,21,23,24);1H. The first-order valence-corrected chi connectivity index (χ1v) is 8.48. The fraction of sp³-hybridized carbons (Fsp3) is 0.368. The van der Waals surface area contributed by atoms with Gasteiger partial charge in [-0.25, -0.2) is 4.39 Å². The average molecular weight is 472 g/mol. The SMILES string of the molecule is CCC(CNC(=NC)NCCc1ccccn1)Oc1cccc(F)c1.I. The third kappa shape index (κ3) is 7.99. The topological polar surface area (TPSA) is 58.5 Å². The van der Waals surface area contributed by atoms with Gasteiger partial charge in [0.15, 0.2) is 5.96 Å². The fourth-order valence-corrected chi connectivity index (χ4v) is 2.29. The van der Waals surface area contributed by atoms with Crippen LogP contribution in [0.3, 0.4) is 0 Å². The van der Waals surface area contributed by atoms with Crippen molar-refractivity contribution in [2.45, 2.75) is 25.9 Å². The minimum atomic E-state index is -0.299. The highest BCUT2D eigenvalue weighted by Crippen LogP contribution is 2.14. The number of hydrogen-bond donors (Lipinski definition) is 2. The Hall–Kier alpha value is -1.90. The van der Waals surface area contributed by atoms with E-state index in [0.29, 0.717) is 18.3 Å². The van der Waals surface area contributed by atoms with Crippen LogP contribution < -0.4 is 15.4 Å². The van der Waals surface area contributed by atoms with Gasteiger partial charge in [0.2, 0.25) is 0 Å². The molecule has 26 heavy (non-hydrogen) atoms. The quantitative estimate of drug-likeness (QED) is 0.352. The summed E-state index contributed by atoms with van der Waals surface area (Å²) in [5, 5.41) is 6.49. The van der Waals surface area contributed by atoms with E-state index >= 15 is 0 Å². The first-order chi connectivity index (χ1) is 12.2. The molecule has 2 N–H and O–H groups in total. The number of aliphatic imine (C=N–C) groups is 1. The molecule has 142 valence electrons. The minimum Gasteiger partial charge on any atom is -0.489 e.